The molecular formula is C15H22N4O. The number of hydrogen-bond acceptors (Lipinski definition) is 4. The Balaban J connectivity index is 2.60. The minimum atomic E-state index is -0.0824. The lowest BCUT2D eigenvalue weighted by Crippen LogP contribution is -2.35. The molecule has 0 saturated carbocycles. The summed E-state index contributed by atoms with van der Waals surface area (Å²) in [6.45, 7) is 7.35. The molecule has 3 N–H and O–H groups in total. The molecule has 5 nitrogen and oxygen atoms in total. The fourth-order valence-electron chi connectivity index (χ4n) is 1.95. The molecule has 0 heterocycles. The molecule has 0 aromatic heterocycles. The van der Waals surface area contributed by atoms with Crippen LogP contribution in [0, 0.1) is 24.2 Å². The highest BCUT2D eigenvalue weighted by Crippen LogP contribution is 2.17. The quantitative estimate of drug-likeness (QED) is 0.777. The normalized spacial score (nSPS) is 11.9. The van der Waals surface area contributed by atoms with Gasteiger partial charge in [0.15, 0.2) is 0 Å². The molecule has 0 aliphatic rings. The molecule has 0 aliphatic carbocycles. The summed E-state index contributed by atoms with van der Waals surface area (Å²) >= 11 is 0. The minimum Gasteiger partial charge on any atom is -0.399 e. The molecule has 0 spiro atoms. The van der Waals surface area contributed by atoms with Gasteiger partial charge in [0.2, 0.25) is 5.91 Å². The van der Waals surface area contributed by atoms with Gasteiger partial charge in [-0.2, -0.15) is 5.26 Å². The van der Waals surface area contributed by atoms with Gasteiger partial charge in [-0.05, 0) is 44.2 Å². The molecule has 1 amide bonds. The van der Waals surface area contributed by atoms with Crippen LogP contribution in [0.5, 0.6) is 0 Å². The average molecular weight is 274 g/mol. The fourth-order valence-corrected chi connectivity index (χ4v) is 1.95. The van der Waals surface area contributed by atoms with Gasteiger partial charge in [0.25, 0.3) is 0 Å². The van der Waals surface area contributed by atoms with Gasteiger partial charge < -0.3 is 11.1 Å². The highest BCUT2D eigenvalue weighted by Gasteiger charge is 2.13. The molecular weight excluding hydrogens is 252 g/mol. The molecule has 0 bridgehead atoms. The SMILES string of the molecule is CCN(CC(=O)Nc1ccc(N)cc1C)CC(C)C#N. The Morgan fingerprint density at radius 1 is 1.55 bits per heavy atom. The molecule has 0 fully saturated rings. The third kappa shape index (κ3) is 4.90. The van der Waals surface area contributed by atoms with E-state index in [1.807, 2.05) is 31.7 Å². The number of hydrogen-bond donors (Lipinski definition) is 2. The molecule has 1 unspecified atom stereocenters. The van der Waals surface area contributed by atoms with Crippen LogP contribution in [-0.4, -0.2) is 30.4 Å². The zero-order chi connectivity index (χ0) is 15.1. The number of aryl methyl sites for hydroxylation is 1. The van der Waals surface area contributed by atoms with Gasteiger partial charge in [0.1, 0.15) is 0 Å². The van der Waals surface area contributed by atoms with Gasteiger partial charge in [-0.25, -0.2) is 0 Å². The number of anilines is 2. The molecule has 1 rings (SSSR count). The van der Waals surface area contributed by atoms with E-state index in [1.165, 1.54) is 0 Å². The van der Waals surface area contributed by atoms with Crippen molar-refractivity contribution in [1.82, 2.24) is 4.90 Å². The molecule has 108 valence electrons. The Morgan fingerprint density at radius 3 is 2.80 bits per heavy atom. The topological polar surface area (TPSA) is 82.2 Å². The Labute approximate surface area is 120 Å². The Kier molecular flexibility index (Phi) is 6.01. The number of carbonyl (C=O) groups excluding carboxylic acids is 1. The van der Waals surface area contributed by atoms with Crippen molar-refractivity contribution < 1.29 is 4.79 Å². The van der Waals surface area contributed by atoms with Crippen LogP contribution < -0.4 is 11.1 Å². The lowest BCUT2D eigenvalue weighted by Gasteiger charge is -2.21. The summed E-state index contributed by atoms with van der Waals surface area (Å²) in [4.78, 5) is 14.0. The smallest absolute Gasteiger partial charge is 0.238 e. The summed E-state index contributed by atoms with van der Waals surface area (Å²) in [5, 5.41) is 11.7. The van der Waals surface area contributed by atoms with Crippen molar-refractivity contribution in [2.45, 2.75) is 20.8 Å². The van der Waals surface area contributed by atoms with Gasteiger partial charge in [-0.1, -0.05) is 6.92 Å². The number of nitriles is 1. The molecule has 1 atom stereocenters. The molecule has 0 aliphatic heterocycles. The van der Waals surface area contributed by atoms with Gasteiger partial charge in [-0.15, -0.1) is 0 Å². The van der Waals surface area contributed by atoms with Crippen molar-refractivity contribution in [2.75, 3.05) is 30.7 Å². The number of nitrogens with zero attached hydrogens (tertiary/aromatic N) is 2. The number of nitrogens with one attached hydrogen (secondary N) is 1. The summed E-state index contributed by atoms with van der Waals surface area (Å²) in [7, 11) is 0. The van der Waals surface area contributed by atoms with E-state index in [0.29, 0.717) is 12.2 Å². The van der Waals surface area contributed by atoms with E-state index in [-0.39, 0.29) is 18.4 Å². The van der Waals surface area contributed by atoms with Crippen LogP contribution in [0.4, 0.5) is 11.4 Å². The maximum Gasteiger partial charge on any atom is 0.238 e. The number of benzene rings is 1. The molecule has 1 aromatic rings. The Morgan fingerprint density at radius 2 is 2.25 bits per heavy atom. The number of carbonyl (C=O) groups is 1. The van der Waals surface area contributed by atoms with Crippen molar-refractivity contribution in [3.63, 3.8) is 0 Å². The maximum atomic E-state index is 12.0. The number of amides is 1. The molecule has 5 heteroatoms. The number of rotatable bonds is 6. The number of nitrogens with two attached hydrogens (primary N) is 1. The molecule has 0 saturated heterocycles. The zero-order valence-electron chi connectivity index (χ0n) is 12.3. The van der Waals surface area contributed by atoms with E-state index >= 15 is 0 Å². The van der Waals surface area contributed by atoms with Gasteiger partial charge in [0.05, 0.1) is 18.5 Å². The van der Waals surface area contributed by atoms with E-state index in [9.17, 15) is 4.79 Å². The van der Waals surface area contributed by atoms with Crippen molar-refractivity contribution in [1.29, 1.82) is 5.26 Å². The first kappa shape index (κ1) is 16.0. The Hall–Kier alpha value is -2.06. The van der Waals surface area contributed by atoms with Crippen molar-refractivity contribution in [3.05, 3.63) is 23.8 Å². The van der Waals surface area contributed by atoms with Gasteiger partial charge >= 0.3 is 0 Å². The Bertz CT molecular complexity index is 507. The molecule has 1 aromatic carbocycles. The van der Waals surface area contributed by atoms with Crippen LogP contribution in [0.1, 0.15) is 19.4 Å². The first-order valence-electron chi connectivity index (χ1n) is 6.74. The third-order valence-corrected chi connectivity index (χ3v) is 3.09. The van der Waals surface area contributed by atoms with Crippen LogP contribution in [0.15, 0.2) is 18.2 Å². The third-order valence-electron chi connectivity index (χ3n) is 3.09. The first-order valence-corrected chi connectivity index (χ1v) is 6.74. The van der Waals surface area contributed by atoms with Gasteiger partial charge in [0, 0.05) is 17.9 Å². The van der Waals surface area contributed by atoms with Gasteiger partial charge in [-0.3, -0.25) is 9.69 Å². The lowest BCUT2D eigenvalue weighted by molar-refractivity contribution is -0.117. The van der Waals surface area contributed by atoms with E-state index in [1.54, 1.807) is 12.1 Å². The van der Waals surface area contributed by atoms with Crippen molar-refractivity contribution in [3.8, 4) is 6.07 Å². The predicted octanol–water partition coefficient (Wildman–Crippen LogP) is 2.00. The number of nitrogen functional groups attached to an aromatic ring is 1. The first-order chi connectivity index (χ1) is 9.46. The minimum absolute atomic E-state index is 0.0788. The summed E-state index contributed by atoms with van der Waals surface area (Å²) in [5.41, 5.74) is 8.07. The number of likely N-dealkylation sites (N-methyl/N-ethyl adjacent to an activating group) is 1. The van der Waals surface area contributed by atoms with E-state index < -0.39 is 0 Å². The van der Waals surface area contributed by atoms with E-state index in [2.05, 4.69) is 11.4 Å². The fraction of sp³-hybridized carbons (Fsp3) is 0.467. The predicted molar refractivity (Wildman–Crippen MR) is 81.1 cm³/mol. The monoisotopic (exact) mass is 274 g/mol. The summed E-state index contributed by atoms with van der Waals surface area (Å²) < 4.78 is 0. The highest BCUT2D eigenvalue weighted by atomic mass is 16.2. The van der Waals surface area contributed by atoms with Crippen LogP contribution in [-0.2, 0) is 4.79 Å². The summed E-state index contributed by atoms with van der Waals surface area (Å²) in [6.07, 6.45) is 0. The summed E-state index contributed by atoms with van der Waals surface area (Å²) in [6, 6.07) is 7.57. The van der Waals surface area contributed by atoms with E-state index in [0.717, 1.165) is 17.8 Å². The van der Waals surface area contributed by atoms with Crippen LogP contribution in [0.3, 0.4) is 0 Å². The summed E-state index contributed by atoms with van der Waals surface area (Å²) in [5.74, 6) is -0.161. The highest BCUT2D eigenvalue weighted by molar-refractivity contribution is 5.93. The van der Waals surface area contributed by atoms with Crippen LogP contribution >= 0.6 is 0 Å². The van der Waals surface area contributed by atoms with Crippen LogP contribution in [0.25, 0.3) is 0 Å². The van der Waals surface area contributed by atoms with E-state index in [4.69, 9.17) is 11.0 Å². The zero-order valence-corrected chi connectivity index (χ0v) is 12.3. The second-order valence-electron chi connectivity index (χ2n) is 4.98. The molecule has 0 radical (unpaired) electrons. The lowest BCUT2D eigenvalue weighted by atomic mass is 10.1. The second kappa shape index (κ2) is 7.51. The van der Waals surface area contributed by atoms with Crippen molar-refractivity contribution in [2.24, 2.45) is 5.92 Å². The van der Waals surface area contributed by atoms with Crippen LogP contribution in [0.2, 0.25) is 0 Å². The maximum absolute atomic E-state index is 12.0. The second-order valence-corrected chi connectivity index (χ2v) is 4.98. The van der Waals surface area contributed by atoms with Crippen molar-refractivity contribution >= 4 is 17.3 Å². The standard InChI is InChI=1S/C15H22N4O/c1-4-19(9-11(2)8-16)10-15(20)18-14-6-5-13(17)7-12(14)3/h5-7,11H,4,9-10,17H2,1-3H3,(H,18,20). The molecule has 20 heavy (non-hydrogen) atoms. The average Bonchev–Trinajstić information content (AvgIpc) is 2.41. The largest absolute Gasteiger partial charge is 0.399 e.